The molecule has 0 saturated heterocycles. The summed E-state index contributed by atoms with van der Waals surface area (Å²) in [7, 11) is 0. The van der Waals surface area contributed by atoms with Crippen LogP contribution in [0.1, 0.15) is 30.5 Å². The van der Waals surface area contributed by atoms with E-state index < -0.39 is 0 Å². The number of fused-ring (bicyclic) bond motifs is 1. The SMILES string of the molecule is Cc1ccc2cc(CN(Cc3ccc(F)cc3)C(=S)NCC(C)C)c(=O)[nH]c2c1. The first-order valence-corrected chi connectivity index (χ1v) is 10.1. The molecule has 0 unspecified atom stereocenters. The number of aromatic amines is 1. The van der Waals surface area contributed by atoms with E-state index in [0.717, 1.165) is 28.6 Å². The number of benzene rings is 2. The monoisotopic (exact) mass is 411 g/mol. The average molecular weight is 412 g/mol. The first-order valence-electron chi connectivity index (χ1n) is 9.71. The van der Waals surface area contributed by atoms with Gasteiger partial charge in [-0.1, -0.05) is 38.1 Å². The molecule has 4 nitrogen and oxygen atoms in total. The molecule has 6 heteroatoms. The Bertz CT molecular complexity index is 1060. The molecule has 0 spiro atoms. The molecule has 0 aliphatic carbocycles. The highest BCUT2D eigenvalue weighted by Crippen LogP contribution is 2.15. The van der Waals surface area contributed by atoms with Crippen LogP contribution in [0, 0.1) is 18.7 Å². The maximum Gasteiger partial charge on any atom is 0.253 e. The summed E-state index contributed by atoms with van der Waals surface area (Å²) in [6, 6.07) is 14.2. The molecule has 0 fully saturated rings. The van der Waals surface area contributed by atoms with Crippen LogP contribution in [0.15, 0.2) is 53.3 Å². The van der Waals surface area contributed by atoms with Crippen LogP contribution in [0.25, 0.3) is 10.9 Å². The van der Waals surface area contributed by atoms with Crippen molar-refractivity contribution in [3.05, 3.63) is 81.4 Å². The number of halogens is 1. The zero-order valence-corrected chi connectivity index (χ0v) is 17.8. The van der Waals surface area contributed by atoms with Gasteiger partial charge >= 0.3 is 0 Å². The highest BCUT2D eigenvalue weighted by Gasteiger charge is 2.14. The van der Waals surface area contributed by atoms with Gasteiger partial charge in [-0.25, -0.2) is 4.39 Å². The molecule has 1 heterocycles. The third-order valence-corrected chi connectivity index (χ3v) is 5.08. The van der Waals surface area contributed by atoms with Gasteiger partial charge in [-0.15, -0.1) is 0 Å². The van der Waals surface area contributed by atoms with Gasteiger partial charge in [-0.05, 0) is 65.8 Å². The van der Waals surface area contributed by atoms with Crippen LogP contribution in [-0.2, 0) is 13.1 Å². The molecular weight excluding hydrogens is 385 g/mol. The lowest BCUT2D eigenvalue weighted by Gasteiger charge is -2.26. The Morgan fingerprint density at radius 3 is 2.55 bits per heavy atom. The van der Waals surface area contributed by atoms with E-state index in [0.29, 0.717) is 29.7 Å². The number of aromatic nitrogens is 1. The van der Waals surface area contributed by atoms with Gasteiger partial charge in [0.2, 0.25) is 0 Å². The predicted molar refractivity (Wildman–Crippen MR) is 120 cm³/mol. The molecule has 152 valence electrons. The van der Waals surface area contributed by atoms with Crippen molar-refractivity contribution in [3.63, 3.8) is 0 Å². The van der Waals surface area contributed by atoms with Gasteiger partial charge in [0.25, 0.3) is 5.56 Å². The average Bonchev–Trinajstić information content (AvgIpc) is 2.67. The van der Waals surface area contributed by atoms with E-state index in [2.05, 4.69) is 24.1 Å². The fourth-order valence-electron chi connectivity index (χ4n) is 3.10. The van der Waals surface area contributed by atoms with E-state index in [4.69, 9.17) is 12.2 Å². The van der Waals surface area contributed by atoms with Crippen molar-refractivity contribution >= 4 is 28.2 Å². The lowest BCUT2D eigenvalue weighted by atomic mass is 10.1. The quantitative estimate of drug-likeness (QED) is 0.586. The number of rotatable bonds is 6. The fourth-order valence-corrected chi connectivity index (χ4v) is 3.31. The second kappa shape index (κ2) is 9.18. The van der Waals surface area contributed by atoms with Gasteiger partial charge in [0.1, 0.15) is 5.82 Å². The number of nitrogens with zero attached hydrogens (tertiary/aromatic N) is 1. The lowest BCUT2D eigenvalue weighted by molar-refractivity contribution is 0.394. The zero-order valence-electron chi connectivity index (χ0n) is 17.0. The summed E-state index contributed by atoms with van der Waals surface area (Å²) in [6.45, 7) is 7.79. The number of aryl methyl sites for hydroxylation is 1. The van der Waals surface area contributed by atoms with E-state index in [1.807, 2.05) is 36.1 Å². The van der Waals surface area contributed by atoms with Crippen LogP contribution in [0.3, 0.4) is 0 Å². The molecule has 0 bridgehead atoms. The standard InChI is InChI=1S/C23H26FN3OS/c1-15(2)12-25-23(29)27(13-17-5-8-20(24)9-6-17)14-19-11-18-7-4-16(3)10-21(18)26-22(19)28/h4-11,15H,12-14H2,1-3H3,(H,25,29)(H,26,28). The van der Waals surface area contributed by atoms with E-state index in [1.54, 1.807) is 12.1 Å². The highest BCUT2D eigenvalue weighted by molar-refractivity contribution is 7.80. The van der Waals surface area contributed by atoms with Crippen molar-refractivity contribution in [2.24, 2.45) is 5.92 Å². The van der Waals surface area contributed by atoms with E-state index in [9.17, 15) is 9.18 Å². The van der Waals surface area contributed by atoms with Crippen molar-refractivity contribution in [1.29, 1.82) is 0 Å². The molecule has 3 aromatic rings. The Hall–Kier alpha value is -2.73. The molecule has 0 aliphatic heterocycles. The molecule has 0 aliphatic rings. The Morgan fingerprint density at radius 2 is 1.86 bits per heavy atom. The number of thiocarbonyl (C=S) groups is 1. The minimum absolute atomic E-state index is 0.126. The number of hydrogen-bond donors (Lipinski definition) is 2. The van der Waals surface area contributed by atoms with Gasteiger partial charge in [0, 0.05) is 24.2 Å². The molecule has 1 aromatic heterocycles. The zero-order chi connectivity index (χ0) is 21.0. The third-order valence-electron chi connectivity index (χ3n) is 4.68. The Balaban J connectivity index is 1.88. The largest absolute Gasteiger partial charge is 0.362 e. The van der Waals surface area contributed by atoms with Crippen molar-refractivity contribution in [2.75, 3.05) is 6.54 Å². The van der Waals surface area contributed by atoms with Crippen molar-refractivity contribution < 1.29 is 4.39 Å². The Kier molecular flexibility index (Phi) is 6.64. The lowest BCUT2D eigenvalue weighted by Crippen LogP contribution is -2.41. The summed E-state index contributed by atoms with van der Waals surface area (Å²) in [5.74, 6) is 0.162. The van der Waals surface area contributed by atoms with Gasteiger partial charge in [0.05, 0.1) is 6.54 Å². The minimum atomic E-state index is -0.276. The molecule has 3 rings (SSSR count). The second-order valence-corrected chi connectivity index (χ2v) is 8.16. The molecule has 2 aromatic carbocycles. The molecule has 0 saturated carbocycles. The number of H-pyrrole nitrogens is 1. The van der Waals surface area contributed by atoms with E-state index in [-0.39, 0.29) is 11.4 Å². The topological polar surface area (TPSA) is 48.1 Å². The van der Waals surface area contributed by atoms with Crippen molar-refractivity contribution in [3.8, 4) is 0 Å². The first kappa shape index (κ1) is 21.0. The van der Waals surface area contributed by atoms with E-state index in [1.165, 1.54) is 12.1 Å². The van der Waals surface area contributed by atoms with Gasteiger partial charge < -0.3 is 15.2 Å². The summed E-state index contributed by atoms with van der Waals surface area (Å²) in [5.41, 5.74) is 3.35. The third kappa shape index (κ3) is 5.64. The molecule has 0 atom stereocenters. The van der Waals surface area contributed by atoms with E-state index >= 15 is 0 Å². The number of pyridine rings is 1. The van der Waals surface area contributed by atoms with Gasteiger partial charge in [-0.3, -0.25) is 4.79 Å². The van der Waals surface area contributed by atoms with Crippen molar-refractivity contribution in [2.45, 2.75) is 33.9 Å². The van der Waals surface area contributed by atoms with Crippen LogP contribution >= 0.6 is 12.2 Å². The van der Waals surface area contributed by atoms with Gasteiger partial charge in [-0.2, -0.15) is 0 Å². The Morgan fingerprint density at radius 1 is 1.14 bits per heavy atom. The smallest absolute Gasteiger partial charge is 0.253 e. The number of hydrogen-bond acceptors (Lipinski definition) is 2. The number of nitrogens with one attached hydrogen (secondary N) is 2. The van der Waals surface area contributed by atoms with Crippen LogP contribution in [0.4, 0.5) is 4.39 Å². The summed E-state index contributed by atoms with van der Waals surface area (Å²) in [4.78, 5) is 17.6. The summed E-state index contributed by atoms with van der Waals surface area (Å²) in [6.07, 6.45) is 0. The molecule has 0 amide bonds. The second-order valence-electron chi connectivity index (χ2n) is 7.78. The Labute approximate surface area is 175 Å². The molecule has 29 heavy (non-hydrogen) atoms. The molecular formula is C23H26FN3OS. The maximum absolute atomic E-state index is 13.3. The van der Waals surface area contributed by atoms with Crippen LogP contribution in [0.5, 0.6) is 0 Å². The molecule has 2 N–H and O–H groups in total. The van der Waals surface area contributed by atoms with Crippen LogP contribution < -0.4 is 10.9 Å². The first-order chi connectivity index (χ1) is 13.8. The summed E-state index contributed by atoms with van der Waals surface area (Å²) < 4.78 is 13.3. The predicted octanol–water partition coefficient (Wildman–Crippen LogP) is 4.51. The fraction of sp³-hybridized carbons (Fsp3) is 0.304. The van der Waals surface area contributed by atoms with Gasteiger partial charge in [0.15, 0.2) is 5.11 Å². The maximum atomic E-state index is 13.3. The summed E-state index contributed by atoms with van der Waals surface area (Å²) >= 11 is 5.60. The normalized spacial score (nSPS) is 11.1. The van der Waals surface area contributed by atoms with Crippen LogP contribution in [-0.4, -0.2) is 21.5 Å². The van der Waals surface area contributed by atoms with Crippen molar-refractivity contribution in [1.82, 2.24) is 15.2 Å². The molecule has 0 radical (unpaired) electrons. The van der Waals surface area contributed by atoms with Crippen LogP contribution in [0.2, 0.25) is 0 Å². The minimum Gasteiger partial charge on any atom is -0.362 e. The summed E-state index contributed by atoms with van der Waals surface area (Å²) in [5, 5.41) is 4.82. The highest BCUT2D eigenvalue weighted by atomic mass is 32.1.